The predicted octanol–water partition coefficient (Wildman–Crippen LogP) is 2.99. The van der Waals surface area contributed by atoms with Crippen LogP contribution < -0.4 is 5.32 Å². The first-order valence-corrected chi connectivity index (χ1v) is 7.49. The van der Waals surface area contributed by atoms with E-state index in [1.54, 1.807) is 6.07 Å². The highest BCUT2D eigenvalue weighted by atomic mass is 79.9. The number of hydrogen-bond acceptors (Lipinski definition) is 2. The van der Waals surface area contributed by atoms with Crippen molar-refractivity contribution >= 4 is 21.8 Å². The highest BCUT2D eigenvalue weighted by molar-refractivity contribution is 9.10. The molecule has 4 nitrogen and oxygen atoms in total. The highest BCUT2D eigenvalue weighted by Crippen LogP contribution is 2.39. The molecule has 0 spiro atoms. The van der Waals surface area contributed by atoms with Crippen LogP contribution in [0.3, 0.4) is 0 Å². The smallest absolute Gasteiger partial charge is 0.251 e. The molecular formula is C15H16BrN3O. The van der Waals surface area contributed by atoms with Crippen LogP contribution in [0.5, 0.6) is 0 Å². The van der Waals surface area contributed by atoms with Gasteiger partial charge in [-0.05, 0) is 37.1 Å². The summed E-state index contributed by atoms with van der Waals surface area (Å²) in [6.07, 6.45) is 2.51. The third-order valence-corrected chi connectivity index (χ3v) is 3.97. The molecule has 0 radical (unpaired) electrons. The normalized spacial score (nSPS) is 14.3. The van der Waals surface area contributed by atoms with Crippen molar-refractivity contribution in [3.8, 4) is 0 Å². The van der Waals surface area contributed by atoms with E-state index in [9.17, 15) is 4.79 Å². The first-order valence-electron chi connectivity index (χ1n) is 6.70. The summed E-state index contributed by atoms with van der Waals surface area (Å²) in [5.74, 6) is 0.590. The van der Waals surface area contributed by atoms with Gasteiger partial charge >= 0.3 is 0 Å². The lowest BCUT2D eigenvalue weighted by molar-refractivity contribution is 0.0950. The summed E-state index contributed by atoms with van der Waals surface area (Å²) in [5.41, 5.74) is 2.84. The molecule has 104 valence electrons. The number of nitrogens with one attached hydrogen (secondary N) is 1. The van der Waals surface area contributed by atoms with E-state index >= 15 is 0 Å². The Balaban J connectivity index is 1.64. The van der Waals surface area contributed by atoms with Crippen LogP contribution in [0.15, 0.2) is 34.8 Å². The fraction of sp³-hybridized carbons (Fsp3) is 0.333. The maximum Gasteiger partial charge on any atom is 0.251 e. The molecule has 20 heavy (non-hydrogen) atoms. The summed E-state index contributed by atoms with van der Waals surface area (Å²) < 4.78 is 2.83. The number of nitrogens with zero attached hydrogens (tertiary/aromatic N) is 2. The summed E-state index contributed by atoms with van der Waals surface area (Å²) in [5, 5.41) is 7.35. The Kier molecular flexibility index (Phi) is 3.61. The molecule has 1 heterocycles. The van der Waals surface area contributed by atoms with Crippen LogP contribution >= 0.6 is 15.9 Å². The van der Waals surface area contributed by atoms with Crippen molar-refractivity contribution in [2.75, 3.05) is 0 Å². The molecule has 1 fully saturated rings. The second-order valence-corrected chi connectivity index (χ2v) is 6.07. The van der Waals surface area contributed by atoms with Gasteiger partial charge in [-0.25, -0.2) is 0 Å². The van der Waals surface area contributed by atoms with Crippen molar-refractivity contribution in [3.05, 3.63) is 51.8 Å². The molecule has 0 atom stereocenters. The number of hydrogen-bond donors (Lipinski definition) is 1. The van der Waals surface area contributed by atoms with E-state index < -0.39 is 0 Å². The van der Waals surface area contributed by atoms with Crippen molar-refractivity contribution in [2.45, 2.75) is 25.3 Å². The molecule has 3 rings (SSSR count). The molecule has 1 aliphatic carbocycles. The largest absolute Gasteiger partial charge is 0.346 e. The van der Waals surface area contributed by atoms with Gasteiger partial charge in [-0.2, -0.15) is 5.10 Å². The van der Waals surface area contributed by atoms with Gasteiger partial charge in [0.05, 0.1) is 12.2 Å². The third-order valence-electron chi connectivity index (χ3n) is 3.48. The second-order valence-electron chi connectivity index (χ2n) is 5.15. The Morgan fingerprint density at radius 2 is 2.25 bits per heavy atom. The lowest BCUT2D eigenvalue weighted by atomic mass is 10.2. The number of halogens is 1. The fourth-order valence-electron chi connectivity index (χ4n) is 2.29. The van der Waals surface area contributed by atoms with Crippen molar-refractivity contribution in [1.29, 1.82) is 0 Å². The summed E-state index contributed by atoms with van der Waals surface area (Å²) in [6, 6.07) is 9.46. The zero-order chi connectivity index (χ0) is 14.1. The summed E-state index contributed by atoms with van der Waals surface area (Å²) in [4.78, 5) is 12.0. The van der Waals surface area contributed by atoms with Crippen LogP contribution in [0.4, 0.5) is 0 Å². The van der Waals surface area contributed by atoms with Gasteiger partial charge in [0, 0.05) is 28.7 Å². The number of aryl methyl sites for hydroxylation is 1. The number of rotatable bonds is 4. The first-order chi connectivity index (χ1) is 9.63. The predicted molar refractivity (Wildman–Crippen MR) is 80.5 cm³/mol. The fourth-order valence-corrected chi connectivity index (χ4v) is 2.69. The SMILES string of the molecule is Cn1nc(CNC(=O)c2cccc(Br)c2)cc1C1CC1. The maximum atomic E-state index is 12.0. The third kappa shape index (κ3) is 2.93. The maximum absolute atomic E-state index is 12.0. The Morgan fingerprint density at radius 3 is 2.95 bits per heavy atom. The Labute approximate surface area is 126 Å². The lowest BCUT2D eigenvalue weighted by Gasteiger charge is -2.03. The molecule has 1 aromatic carbocycles. The first kappa shape index (κ1) is 13.4. The van der Waals surface area contributed by atoms with Crippen molar-refractivity contribution < 1.29 is 4.79 Å². The number of amides is 1. The van der Waals surface area contributed by atoms with Gasteiger partial charge < -0.3 is 5.32 Å². The molecule has 1 aliphatic rings. The van der Waals surface area contributed by atoms with E-state index in [4.69, 9.17) is 0 Å². The van der Waals surface area contributed by atoms with Crippen LogP contribution in [0.2, 0.25) is 0 Å². The van der Waals surface area contributed by atoms with Gasteiger partial charge in [0.15, 0.2) is 0 Å². The van der Waals surface area contributed by atoms with Crippen molar-refractivity contribution in [1.82, 2.24) is 15.1 Å². The van der Waals surface area contributed by atoms with Crippen molar-refractivity contribution in [2.24, 2.45) is 7.05 Å². The molecule has 0 bridgehead atoms. The van der Waals surface area contributed by atoms with E-state index in [-0.39, 0.29) is 5.91 Å². The van der Waals surface area contributed by atoms with Gasteiger partial charge in [0.25, 0.3) is 5.91 Å². The molecule has 2 aromatic rings. The molecule has 1 N–H and O–H groups in total. The van der Waals surface area contributed by atoms with Gasteiger partial charge in [0.1, 0.15) is 0 Å². The number of aromatic nitrogens is 2. The molecule has 1 amide bonds. The standard InChI is InChI=1S/C15H16BrN3O/c1-19-14(10-5-6-10)8-13(18-19)9-17-15(20)11-3-2-4-12(16)7-11/h2-4,7-8,10H,5-6,9H2,1H3,(H,17,20). The van der Waals surface area contributed by atoms with E-state index in [1.165, 1.54) is 18.5 Å². The van der Waals surface area contributed by atoms with Crippen LogP contribution in [0.25, 0.3) is 0 Å². The quantitative estimate of drug-likeness (QED) is 0.934. The lowest BCUT2D eigenvalue weighted by Crippen LogP contribution is -2.23. The molecule has 1 aromatic heterocycles. The van der Waals surface area contributed by atoms with Crippen molar-refractivity contribution in [3.63, 3.8) is 0 Å². The van der Waals surface area contributed by atoms with E-state index in [2.05, 4.69) is 32.4 Å². The van der Waals surface area contributed by atoms with Gasteiger partial charge in [-0.3, -0.25) is 9.48 Å². The molecule has 1 saturated carbocycles. The van der Waals surface area contributed by atoms with Crippen LogP contribution in [0, 0.1) is 0 Å². The average molecular weight is 334 g/mol. The second kappa shape index (κ2) is 5.40. The van der Waals surface area contributed by atoms with Gasteiger partial charge in [0.2, 0.25) is 0 Å². The average Bonchev–Trinajstić information content (AvgIpc) is 3.20. The Morgan fingerprint density at radius 1 is 1.45 bits per heavy atom. The summed E-state index contributed by atoms with van der Waals surface area (Å²) in [7, 11) is 1.97. The molecule has 0 unspecified atom stereocenters. The Bertz CT molecular complexity index is 646. The molecule has 5 heteroatoms. The van der Waals surface area contributed by atoms with E-state index in [0.717, 1.165) is 10.2 Å². The monoisotopic (exact) mass is 333 g/mol. The van der Waals surface area contributed by atoms with Gasteiger partial charge in [-0.1, -0.05) is 22.0 Å². The minimum absolute atomic E-state index is 0.0788. The topological polar surface area (TPSA) is 46.9 Å². The van der Waals surface area contributed by atoms with Crippen LogP contribution in [-0.4, -0.2) is 15.7 Å². The number of benzene rings is 1. The Hall–Kier alpha value is -1.62. The molecule has 0 aliphatic heterocycles. The zero-order valence-electron chi connectivity index (χ0n) is 11.3. The summed E-state index contributed by atoms with van der Waals surface area (Å²) in [6.45, 7) is 0.464. The van der Waals surface area contributed by atoms with Crippen LogP contribution in [-0.2, 0) is 13.6 Å². The highest BCUT2D eigenvalue weighted by Gasteiger charge is 2.27. The van der Waals surface area contributed by atoms with E-state index in [1.807, 2.05) is 29.9 Å². The minimum atomic E-state index is -0.0788. The summed E-state index contributed by atoms with van der Waals surface area (Å²) >= 11 is 3.37. The van der Waals surface area contributed by atoms with Crippen LogP contribution in [0.1, 0.15) is 40.5 Å². The molecular weight excluding hydrogens is 318 g/mol. The zero-order valence-corrected chi connectivity index (χ0v) is 12.9. The molecule has 0 saturated heterocycles. The van der Waals surface area contributed by atoms with Gasteiger partial charge in [-0.15, -0.1) is 0 Å². The number of carbonyl (C=O) groups is 1. The number of carbonyl (C=O) groups excluding carboxylic acids is 1. The minimum Gasteiger partial charge on any atom is -0.346 e. The van der Waals surface area contributed by atoms with E-state index in [0.29, 0.717) is 18.0 Å².